The Hall–Kier alpha value is -0.830. The van der Waals surface area contributed by atoms with E-state index in [-0.39, 0.29) is 11.8 Å². The summed E-state index contributed by atoms with van der Waals surface area (Å²) >= 11 is 0. The molecule has 1 rings (SSSR count). The van der Waals surface area contributed by atoms with Gasteiger partial charge in [0.1, 0.15) is 0 Å². The molecule has 2 N–H and O–H groups in total. The van der Waals surface area contributed by atoms with Gasteiger partial charge in [0.2, 0.25) is 5.91 Å². The monoisotopic (exact) mass is 154 g/mol. The van der Waals surface area contributed by atoms with Crippen LogP contribution >= 0.6 is 0 Å². The summed E-state index contributed by atoms with van der Waals surface area (Å²) in [4.78, 5) is 13.0. The maximum Gasteiger partial charge on any atom is 0.225 e. The molecule has 11 heavy (non-hydrogen) atoms. The van der Waals surface area contributed by atoms with E-state index in [1.54, 1.807) is 0 Å². The topological polar surface area (TPSA) is 46.3 Å². The van der Waals surface area contributed by atoms with Crippen molar-refractivity contribution in [3.63, 3.8) is 0 Å². The molecule has 0 aliphatic carbocycles. The van der Waals surface area contributed by atoms with Gasteiger partial charge in [-0.05, 0) is 6.54 Å². The Morgan fingerprint density at radius 2 is 2.55 bits per heavy atom. The Balaban J connectivity index is 2.52. The predicted molar refractivity (Wildman–Crippen MR) is 43.9 cm³/mol. The van der Waals surface area contributed by atoms with Crippen LogP contribution in [-0.2, 0) is 4.79 Å². The molecule has 0 saturated heterocycles. The molecule has 0 bridgehead atoms. The minimum absolute atomic E-state index is 0.0799. The van der Waals surface area contributed by atoms with Crippen LogP contribution in [0.15, 0.2) is 12.2 Å². The van der Waals surface area contributed by atoms with Crippen LogP contribution in [0.3, 0.4) is 0 Å². The summed E-state index contributed by atoms with van der Waals surface area (Å²) in [6.07, 6.45) is 3.90. The standard InChI is InChI=1S/C8H14N2O/c1-2-10-5-3-4-7(6-10)8(9)11/h3-4,7H,2,5-6H2,1H3,(H2,9,11). The van der Waals surface area contributed by atoms with E-state index in [4.69, 9.17) is 5.73 Å². The van der Waals surface area contributed by atoms with Crippen molar-refractivity contribution < 1.29 is 4.79 Å². The van der Waals surface area contributed by atoms with Crippen LogP contribution in [0, 0.1) is 5.92 Å². The quantitative estimate of drug-likeness (QED) is 0.568. The number of likely N-dealkylation sites (N-methyl/N-ethyl adjacent to an activating group) is 1. The normalized spacial score (nSPS) is 25.4. The van der Waals surface area contributed by atoms with Gasteiger partial charge in [-0.15, -0.1) is 0 Å². The van der Waals surface area contributed by atoms with Crippen molar-refractivity contribution in [1.82, 2.24) is 4.90 Å². The number of rotatable bonds is 2. The number of hydrogen-bond acceptors (Lipinski definition) is 2. The zero-order valence-electron chi connectivity index (χ0n) is 6.79. The highest BCUT2D eigenvalue weighted by Gasteiger charge is 2.17. The first kappa shape index (κ1) is 8.27. The molecule has 1 aliphatic heterocycles. The van der Waals surface area contributed by atoms with E-state index in [0.717, 1.165) is 19.6 Å². The number of primary amides is 1. The molecule has 0 radical (unpaired) electrons. The van der Waals surface area contributed by atoms with Crippen molar-refractivity contribution in [2.45, 2.75) is 6.92 Å². The van der Waals surface area contributed by atoms with Crippen molar-refractivity contribution in [1.29, 1.82) is 0 Å². The molecule has 1 unspecified atom stereocenters. The van der Waals surface area contributed by atoms with Crippen LogP contribution < -0.4 is 5.73 Å². The van der Waals surface area contributed by atoms with Gasteiger partial charge in [0.15, 0.2) is 0 Å². The van der Waals surface area contributed by atoms with Crippen molar-refractivity contribution in [3.8, 4) is 0 Å². The highest BCUT2D eigenvalue weighted by Crippen LogP contribution is 2.07. The van der Waals surface area contributed by atoms with Gasteiger partial charge < -0.3 is 5.73 Å². The molecule has 0 aromatic rings. The maximum absolute atomic E-state index is 10.8. The van der Waals surface area contributed by atoms with Crippen LogP contribution in [0.5, 0.6) is 0 Å². The van der Waals surface area contributed by atoms with E-state index in [2.05, 4.69) is 11.8 Å². The Morgan fingerprint density at radius 1 is 1.82 bits per heavy atom. The fourth-order valence-electron chi connectivity index (χ4n) is 1.23. The summed E-state index contributed by atoms with van der Waals surface area (Å²) in [7, 11) is 0. The predicted octanol–water partition coefficient (Wildman–Crippen LogP) is -0.0204. The van der Waals surface area contributed by atoms with Gasteiger partial charge in [-0.3, -0.25) is 9.69 Å². The first-order valence-electron chi connectivity index (χ1n) is 3.92. The maximum atomic E-state index is 10.8. The van der Waals surface area contributed by atoms with Gasteiger partial charge in [0, 0.05) is 13.1 Å². The summed E-state index contributed by atoms with van der Waals surface area (Å²) in [6, 6.07) is 0. The second-order valence-corrected chi connectivity index (χ2v) is 2.79. The fraction of sp³-hybridized carbons (Fsp3) is 0.625. The van der Waals surface area contributed by atoms with Crippen LogP contribution in [-0.4, -0.2) is 30.4 Å². The lowest BCUT2D eigenvalue weighted by Gasteiger charge is -2.25. The Bertz CT molecular complexity index is 177. The second-order valence-electron chi connectivity index (χ2n) is 2.79. The highest BCUT2D eigenvalue weighted by molar-refractivity contribution is 5.78. The van der Waals surface area contributed by atoms with Crippen LogP contribution in [0.25, 0.3) is 0 Å². The fourth-order valence-corrected chi connectivity index (χ4v) is 1.23. The van der Waals surface area contributed by atoms with E-state index in [0.29, 0.717) is 0 Å². The number of carbonyl (C=O) groups excluding carboxylic acids is 1. The third kappa shape index (κ3) is 2.05. The SMILES string of the molecule is CCN1CC=CC(C(N)=O)C1. The largest absolute Gasteiger partial charge is 0.369 e. The number of hydrogen-bond donors (Lipinski definition) is 1. The van der Waals surface area contributed by atoms with Crippen LogP contribution in [0.2, 0.25) is 0 Å². The molecule has 1 atom stereocenters. The minimum atomic E-state index is -0.223. The first-order valence-corrected chi connectivity index (χ1v) is 3.92. The van der Waals surface area contributed by atoms with Gasteiger partial charge in [0.05, 0.1) is 5.92 Å². The average molecular weight is 154 g/mol. The molecule has 1 heterocycles. The highest BCUT2D eigenvalue weighted by atomic mass is 16.1. The molecular weight excluding hydrogens is 140 g/mol. The molecule has 1 amide bonds. The third-order valence-corrected chi connectivity index (χ3v) is 2.00. The van der Waals surface area contributed by atoms with Crippen molar-refractivity contribution in [2.24, 2.45) is 11.7 Å². The number of nitrogens with zero attached hydrogens (tertiary/aromatic N) is 1. The molecule has 0 aromatic carbocycles. The smallest absolute Gasteiger partial charge is 0.225 e. The summed E-state index contributed by atoms with van der Waals surface area (Å²) in [6.45, 7) is 4.79. The van der Waals surface area contributed by atoms with Crippen LogP contribution in [0.1, 0.15) is 6.92 Å². The average Bonchev–Trinajstić information content (AvgIpc) is 2.05. The summed E-state index contributed by atoms with van der Waals surface area (Å²) in [5, 5.41) is 0. The molecule has 1 aliphatic rings. The van der Waals surface area contributed by atoms with Crippen molar-refractivity contribution in [2.75, 3.05) is 19.6 Å². The summed E-state index contributed by atoms with van der Waals surface area (Å²) in [5.41, 5.74) is 5.17. The van der Waals surface area contributed by atoms with Gasteiger partial charge in [-0.25, -0.2) is 0 Å². The lowest BCUT2D eigenvalue weighted by Crippen LogP contribution is -2.38. The van der Waals surface area contributed by atoms with Gasteiger partial charge in [-0.2, -0.15) is 0 Å². The first-order chi connectivity index (χ1) is 5.24. The molecule has 3 heteroatoms. The van der Waals surface area contributed by atoms with E-state index in [9.17, 15) is 4.79 Å². The van der Waals surface area contributed by atoms with Gasteiger partial charge >= 0.3 is 0 Å². The lowest BCUT2D eigenvalue weighted by atomic mass is 10.1. The molecule has 0 fully saturated rings. The molecule has 62 valence electrons. The second kappa shape index (κ2) is 3.53. The molecule has 0 saturated carbocycles. The molecular formula is C8H14N2O. The van der Waals surface area contributed by atoms with E-state index in [1.165, 1.54) is 0 Å². The Morgan fingerprint density at radius 3 is 3.09 bits per heavy atom. The van der Waals surface area contributed by atoms with Gasteiger partial charge in [0.25, 0.3) is 0 Å². The number of carbonyl (C=O) groups is 1. The van der Waals surface area contributed by atoms with Crippen molar-refractivity contribution >= 4 is 5.91 Å². The van der Waals surface area contributed by atoms with Crippen LogP contribution in [0.4, 0.5) is 0 Å². The summed E-state index contributed by atoms with van der Waals surface area (Å²) in [5.74, 6) is -0.303. The zero-order chi connectivity index (χ0) is 8.27. The molecule has 3 nitrogen and oxygen atoms in total. The lowest BCUT2D eigenvalue weighted by molar-refractivity contribution is -0.121. The zero-order valence-corrected chi connectivity index (χ0v) is 6.79. The molecule has 0 spiro atoms. The summed E-state index contributed by atoms with van der Waals surface area (Å²) < 4.78 is 0. The Kier molecular flexibility index (Phi) is 2.65. The number of amides is 1. The van der Waals surface area contributed by atoms with Crippen molar-refractivity contribution in [3.05, 3.63) is 12.2 Å². The minimum Gasteiger partial charge on any atom is -0.369 e. The number of nitrogens with two attached hydrogens (primary N) is 1. The molecule has 0 aromatic heterocycles. The Labute approximate surface area is 66.9 Å². The van der Waals surface area contributed by atoms with E-state index < -0.39 is 0 Å². The van der Waals surface area contributed by atoms with E-state index in [1.807, 2.05) is 12.2 Å². The van der Waals surface area contributed by atoms with Gasteiger partial charge in [-0.1, -0.05) is 19.1 Å². The van der Waals surface area contributed by atoms with E-state index >= 15 is 0 Å². The third-order valence-electron chi connectivity index (χ3n) is 2.00.